The third-order valence-corrected chi connectivity index (χ3v) is 2.92. The minimum Gasteiger partial charge on any atom is -0.480 e. The number of hydrogen-bond donors (Lipinski definition) is 2. The molecular weight excluding hydrogens is 236 g/mol. The first kappa shape index (κ1) is 14.5. The van der Waals surface area contributed by atoms with E-state index in [4.69, 9.17) is 5.11 Å². The molecule has 1 heterocycles. The summed E-state index contributed by atoms with van der Waals surface area (Å²) in [6, 6.07) is -1.28. The first-order valence-corrected chi connectivity index (χ1v) is 6.08. The van der Waals surface area contributed by atoms with Gasteiger partial charge in [0.05, 0.1) is 6.10 Å². The van der Waals surface area contributed by atoms with Crippen molar-refractivity contribution in [1.29, 1.82) is 0 Å². The fourth-order valence-corrected chi connectivity index (χ4v) is 2.13. The molecule has 0 spiro atoms. The van der Waals surface area contributed by atoms with Gasteiger partial charge in [0.15, 0.2) is 0 Å². The van der Waals surface area contributed by atoms with Crippen molar-refractivity contribution in [3.05, 3.63) is 12.7 Å². The standard InChI is InChI=1S/C12H20N2O4/c1-3-5-13(6-4-2)12(18)14-8-9(15)7-10(14)11(16)17/h3,9-10,15H,1,4-8H2,2H3,(H,16,17)/t9-,10-/m0/s1. The van der Waals surface area contributed by atoms with E-state index in [-0.39, 0.29) is 19.0 Å². The van der Waals surface area contributed by atoms with Gasteiger partial charge in [-0.1, -0.05) is 13.0 Å². The van der Waals surface area contributed by atoms with E-state index in [1.54, 1.807) is 11.0 Å². The van der Waals surface area contributed by atoms with E-state index in [0.717, 1.165) is 6.42 Å². The van der Waals surface area contributed by atoms with Gasteiger partial charge in [0, 0.05) is 26.1 Å². The number of β-amino-alcohol motifs (C(OH)–C–C–N with tert-alkyl or cyclic N) is 1. The molecule has 1 fully saturated rings. The molecule has 102 valence electrons. The predicted octanol–water partition coefficient (Wildman–Crippen LogP) is 0.524. The summed E-state index contributed by atoms with van der Waals surface area (Å²) in [5.41, 5.74) is 0. The van der Waals surface area contributed by atoms with Gasteiger partial charge < -0.3 is 20.0 Å². The first-order valence-electron chi connectivity index (χ1n) is 6.08. The van der Waals surface area contributed by atoms with Crippen LogP contribution >= 0.6 is 0 Å². The molecule has 18 heavy (non-hydrogen) atoms. The van der Waals surface area contributed by atoms with Crippen LogP contribution in [-0.4, -0.2) is 63.8 Å². The van der Waals surface area contributed by atoms with Crippen molar-refractivity contribution >= 4 is 12.0 Å². The largest absolute Gasteiger partial charge is 0.480 e. The van der Waals surface area contributed by atoms with Gasteiger partial charge >= 0.3 is 12.0 Å². The highest BCUT2D eigenvalue weighted by Crippen LogP contribution is 2.20. The SMILES string of the molecule is C=CCN(CCC)C(=O)N1C[C@@H](O)C[C@H]1C(=O)O. The minimum absolute atomic E-state index is 0.0765. The number of carboxylic acid groups (broad SMARTS) is 1. The van der Waals surface area contributed by atoms with Gasteiger partial charge in [0.25, 0.3) is 0 Å². The number of hydrogen-bond acceptors (Lipinski definition) is 3. The van der Waals surface area contributed by atoms with Crippen LogP contribution in [0.5, 0.6) is 0 Å². The van der Waals surface area contributed by atoms with E-state index in [1.807, 2.05) is 6.92 Å². The molecule has 0 aromatic rings. The molecule has 0 bridgehead atoms. The Kier molecular flexibility index (Phi) is 5.15. The molecule has 0 aromatic heterocycles. The third-order valence-electron chi connectivity index (χ3n) is 2.92. The molecule has 0 aromatic carbocycles. The van der Waals surface area contributed by atoms with Crippen LogP contribution < -0.4 is 0 Å². The number of nitrogens with zero attached hydrogens (tertiary/aromatic N) is 2. The van der Waals surface area contributed by atoms with Gasteiger partial charge in [-0.3, -0.25) is 0 Å². The molecule has 2 atom stereocenters. The normalized spacial score (nSPS) is 22.9. The third kappa shape index (κ3) is 3.22. The van der Waals surface area contributed by atoms with Crippen LogP contribution in [0, 0.1) is 0 Å². The zero-order chi connectivity index (χ0) is 13.7. The Bertz CT molecular complexity index is 332. The summed E-state index contributed by atoms with van der Waals surface area (Å²) in [5.74, 6) is -1.07. The molecule has 0 radical (unpaired) electrons. The Morgan fingerprint density at radius 2 is 2.22 bits per heavy atom. The van der Waals surface area contributed by atoms with Crippen LogP contribution in [0.1, 0.15) is 19.8 Å². The van der Waals surface area contributed by atoms with Gasteiger partial charge in [0.1, 0.15) is 6.04 Å². The summed E-state index contributed by atoms with van der Waals surface area (Å²) < 4.78 is 0. The molecule has 2 amide bonds. The van der Waals surface area contributed by atoms with E-state index < -0.39 is 18.1 Å². The van der Waals surface area contributed by atoms with E-state index in [1.165, 1.54) is 4.90 Å². The maximum atomic E-state index is 12.2. The van der Waals surface area contributed by atoms with Gasteiger partial charge in [-0.25, -0.2) is 9.59 Å². The van der Waals surface area contributed by atoms with Crippen LogP contribution in [0.3, 0.4) is 0 Å². The van der Waals surface area contributed by atoms with Crippen LogP contribution in [0.2, 0.25) is 0 Å². The number of carbonyl (C=O) groups excluding carboxylic acids is 1. The average Bonchev–Trinajstić information content (AvgIpc) is 2.70. The molecule has 1 saturated heterocycles. The maximum absolute atomic E-state index is 12.2. The number of likely N-dealkylation sites (tertiary alicyclic amines) is 1. The highest BCUT2D eigenvalue weighted by Gasteiger charge is 2.40. The van der Waals surface area contributed by atoms with Crippen LogP contribution in [0.25, 0.3) is 0 Å². The minimum atomic E-state index is -1.07. The van der Waals surface area contributed by atoms with Crippen molar-refractivity contribution < 1.29 is 19.8 Å². The summed E-state index contributed by atoms with van der Waals surface area (Å²) in [6.07, 6.45) is 1.72. The summed E-state index contributed by atoms with van der Waals surface area (Å²) in [4.78, 5) is 26.0. The Labute approximate surface area is 106 Å². The Morgan fingerprint density at radius 1 is 1.56 bits per heavy atom. The zero-order valence-electron chi connectivity index (χ0n) is 10.6. The highest BCUT2D eigenvalue weighted by molar-refractivity contribution is 5.83. The summed E-state index contributed by atoms with van der Waals surface area (Å²) in [6.45, 7) is 6.53. The molecule has 0 unspecified atom stereocenters. The number of aliphatic hydroxyl groups excluding tert-OH is 1. The van der Waals surface area contributed by atoms with E-state index in [2.05, 4.69) is 6.58 Å². The molecule has 2 N–H and O–H groups in total. The number of amides is 2. The van der Waals surface area contributed by atoms with E-state index in [0.29, 0.717) is 13.1 Å². The van der Waals surface area contributed by atoms with E-state index in [9.17, 15) is 14.7 Å². The van der Waals surface area contributed by atoms with Crippen molar-refractivity contribution in [2.45, 2.75) is 31.9 Å². The lowest BCUT2D eigenvalue weighted by atomic mass is 10.2. The Morgan fingerprint density at radius 3 is 2.72 bits per heavy atom. The molecule has 1 aliphatic heterocycles. The molecule has 1 rings (SSSR count). The number of aliphatic carboxylic acids is 1. The fourth-order valence-electron chi connectivity index (χ4n) is 2.13. The molecule has 6 heteroatoms. The molecular formula is C12H20N2O4. The first-order chi connectivity index (χ1) is 8.51. The second-order valence-electron chi connectivity index (χ2n) is 4.41. The quantitative estimate of drug-likeness (QED) is 0.703. The summed E-state index contributed by atoms with van der Waals surface area (Å²) in [7, 11) is 0. The van der Waals surface area contributed by atoms with Crippen LogP contribution in [0.4, 0.5) is 4.79 Å². The fraction of sp³-hybridized carbons (Fsp3) is 0.667. The summed E-state index contributed by atoms with van der Waals surface area (Å²) >= 11 is 0. The second-order valence-corrected chi connectivity index (χ2v) is 4.41. The van der Waals surface area contributed by atoms with Gasteiger partial charge in [0.2, 0.25) is 0 Å². The van der Waals surface area contributed by atoms with Crippen LogP contribution in [-0.2, 0) is 4.79 Å². The number of carbonyl (C=O) groups is 2. The molecule has 0 aliphatic carbocycles. The lowest BCUT2D eigenvalue weighted by Crippen LogP contribution is -2.48. The Balaban J connectivity index is 2.79. The van der Waals surface area contributed by atoms with Crippen molar-refractivity contribution in [3.8, 4) is 0 Å². The highest BCUT2D eigenvalue weighted by atomic mass is 16.4. The monoisotopic (exact) mass is 256 g/mol. The van der Waals surface area contributed by atoms with Gasteiger partial charge in [-0.15, -0.1) is 6.58 Å². The number of rotatable bonds is 5. The number of carboxylic acids is 1. The van der Waals surface area contributed by atoms with E-state index >= 15 is 0 Å². The smallest absolute Gasteiger partial charge is 0.326 e. The average molecular weight is 256 g/mol. The summed E-state index contributed by atoms with van der Waals surface area (Å²) in [5, 5.41) is 18.6. The number of urea groups is 1. The second kappa shape index (κ2) is 6.39. The van der Waals surface area contributed by atoms with Gasteiger partial charge in [-0.05, 0) is 6.42 Å². The van der Waals surface area contributed by atoms with Crippen molar-refractivity contribution in [3.63, 3.8) is 0 Å². The molecule has 0 saturated carbocycles. The predicted molar refractivity (Wildman–Crippen MR) is 66.2 cm³/mol. The molecule has 6 nitrogen and oxygen atoms in total. The zero-order valence-corrected chi connectivity index (χ0v) is 10.6. The van der Waals surface area contributed by atoms with Crippen molar-refractivity contribution in [2.75, 3.05) is 19.6 Å². The maximum Gasteiger partial charge on any atom is 0.326 e. The van der Waals surface area contributed by atoms with Gasteiger partial charge in [-0.2, -0.15) is 0 Å². The lowest BCUT2D eigenvalue weighted by Gasteiger charge is -2.29. The van der Waals surface area contributed by atoms with Crippen molar-refractivity contribution in [2.24, 2.45) is 0 Å². The lowest BCUT2D eigenvalue weighted by molar-refractivity contribution is -0.141. The number of aliphatic hydroxyl groups is 1. The Hall–Kier alpha value is -1.56. The topological polar surface area (TPSA) is 81.1 Å². The molecule has 1 aliphatic rings. The van der Waals surface area contributed by atoms with Crippen molar-refractivity contribution in [1.82, 2.24) is 9.80 Å². The van der Waals surface area contributed by atoms with Crippen LogP contribution in [0.15, 0.2) is 12.7 Å².